The van der Waals surface area contributed by atoms with Gasteiger partial charge in [0.05, 0.1) is 18.0 Å². The monoisotopic (exact) mass is 207 g/mol. The number of aromatic nitrogens is 3. The van der Waals surface area contributed by atoms with Gasteiger partial charge in [0.25, 0.3) is 0 Å². The molecule has 0 N–H and O–H groups in total. The third kappa shape index (κ3) is 1.46. The Morgan fingerprint density at radius 2 is 2.21 bits per heavy atom. The minimum absolute atomic E-state index is 0.124. The first kappa shape index (κ1) is 9.08. The van der Waals surface area contributed by atoms with Crippen LogP contribution in [0.25, 0.3) is 5.00 Å². The number of thiophene rings is 1. The van der Waals surface area contributed by atoms with Crippen LogP contribution >= 0.6 is 11.3 Å². The van der Waals surface area contributed by atoms with Crippen molar-refractivity contribution in [2.75, 3.05) is 0 Å². The molecule has 0 atom stereocenters. The maximum Gasteiger partial charge on any atom is 0.165 e. The normalized spacial score (nSPS) is 10.4. The summed E-state index contributed by atoms with van der Waals surface area (Å²) in [6.45, 7) is 1.85. The van der Waals surface area contributed by atoms with Crippen molar-refractivity contribution >= 4 is 17.1 Å². The predicted molar refractivity (Wildman–Crippen MR) is 53.9 cm³/mol. The lowest BCUT2D eigenvalue weighted by Crippen LogP contribution is -2.03. The summed E-state index contributed by atoms with van der Waals surface area (Å²) in [4.78, 5) is 13.0. The van der Waals surface area contributed by atoms with Gasteiger partial charge in [0, 0.05) is 6.42 Å². The number of Topliss-reactive ketones (excluding diaryl/α,β-unsaturated/α-hetero) is 1. The van der Waals surface area contributed by atoms with Crippen molar-refractivity contribution in [3.8, 4) is 5.00 Å². The summed E-state index contributed by atoms with van der Waals surface area (Å²) in [6.07, 6.45) is 3.70. The van der Waals surface area contributed by atoms with Crippen molar-refractivity contribution in [2.45, 2.75) is 13.3 Å². The lowest BCUT2D eigenvalue weighted by Gasteiger charge is -1.98. The Kier molecular flexibility index (Phi) is 2.41. The molecule has 0 radical (unpaired) electrons. The first-order valence-corrected chi connectivity index (χ1v) is 5.18. The van der Waals surface area contributed by atoms with Crippen LogP contribution in [0.1, 0.15) is 23.7 Å². The number of nitrogens with zero attached hydrogens (tertiary/aromatic N) is 3. The molecule has 72 valence electrons. The first-order valence-electron chi connectivity index (χ1n) is 4.30. The summed E-state index contributed by atoms with van der Waals surface area (Å²) in [5.74, 6) is 0.124. The Hall–Kier alpha value is -1.49. The van der Waals surface area contributed by atoms with E-state index < -0.39 is 0 Å². The van der Waals surface area contributed by atoms with Crippen LogP contribution in [0, 0.1) is 0 Å². The molecule has 5 heteroatoms. The van der Waals surface area contributed by atoms with Gasteiger partial charge in [0.1, 0.15) is 5.00 Å². The van der Waals surface area contributed by atoms with Crippen LogP contribution in [-0.4, -0.2) is 20.8 Å². The van der Waals surface area contributed by atoms with Crippen LogP contribution in [0.15, 0.2) is 23.8 Å². The van der Waals surface area contributed by atoms with Crippen LogP contribution in [0.3, 0.4) is 0 Å². The molecule has 2 aromatic rings. The van der Waals surface area contributed by atoms with Crippen LogP contribution in [-0.2, 0) is 0 Å². The maximum atomic E-state index is 11.5. The molecule has 0 unspecified atom stereocenters. The van der Waals surface area contributed by atoms with Gasteiger partial charge in [-0.05, 0) is 11.4 Å². The molecule has 14 heavy (non-hydrogen) atoms. The van der Waals surface area contributed by atoms with Crippen molar-refractivity contribution in [1.82, 2.24) is 15.0 Å². The summed E-state index contributed by atoms with van der Waals surface area (Å²) in [5.41, 5.74) is 0.703. The molecule has 0 fully saturated rings. The lowest BCUT2D eigenvalue weighted by atomic mass is 10.2. The molecule has 0 saturated carbocycles. The summed E-state index contributed by atoms with van der Waals surface area (Å²) in [5, 5.41) is 10.7. The highest BCUT2D eigenvalue weighted by atomic mass is 32.1. The van der Waals surface area contributed by atoms with Gasteiger partial charge in [-0.2, -0.15) is 10.2 Å². The number of ketones is 1. The van der Waals surface area contributed by atoms with Crippen molar-refractivity contribution in [3.63, 3.8) is 0 Å². The molecule has 0 spiro atoms. The second-order valence-electron chi connectivity index (χ2n) is 2.73. The standard InChI is InChI=1S/C9H9N3OS/c1-2-8(13)7-3-6-14-9(7)12-10-4-5-11-12/h3-6H,2H2,1H3. The molecule has 0 bridgehead atoms. The van der Waals surface area contributed by atoms with E-state index in [-0.39, 0.29) is 5.78 Å². The van der Waals surface area contributed by atoms with Crippen molar-refractivity contribution in [1.29, 1.82) is 0 Å². The predicted octanol–water partition coefficient (Wildman–Crippen LogP) is 1.92. The van der Waals surface area contributed by atoms with Gasteiger partial charge in [0.15, 0.2) is 5.78 Å². The fourth-order valence-electron chi connectivity index (χ4n) is 1.18. The third-order valence-electron chi connectivity index (χ3n) is 1.87. The molecule has 2 rings (SSSR count). The molecule has 0 aliphatic heterocycles. The van der Waals surface area contributed by atoms with Crippen LogP contribution in [0.5, 0.6) is 0 Å². The third-order valence-corrected chi connectivity index (χ3v) is 2.75. The largest absolute Gasteiger partial charge is 0.294 e. The van der Waals surface area contributed by atoms with E-state index in [4.69, 9.17) is 0 Å². The van der Waals surface area contributed by atoms with E-state index in [0.717, 1.165) is 5.00 Å². The minimum Gasteiger partial charge on any atom is -0.294 e. The molecular weight excluding hydrogens is 198 g/mol. The van der Waals surface area contributed by atoms with E-state index in [1.54, 1.807) is 12.4 Å². The maximum absolute atomic E-state index is 11.5. The Balaban J connectivity index is 2.45. The molecule has 0 aliphatic carbocycles. The van der Waals surface area contributed by atoms with Gasteiger partial charge in [-0.1, -0.05) is 6.92 Å². The first-order chi connectivity index (χ1) is 6.83. The van der Waals surface area contributed by atoms with E-state index in [1.807, 2.05) is 18.4 Å². The fraction of sp³-hybridized carbons (Fsp3) is 0.222. The topological polar surface area (TPSA) is 47.8 Å². The van der Waals surface area contributed by atoms with E-state index in [0.29, 0.717) is 12.0 Å². The van der Waals surface area contributed by atoms with E-state index in [1.165, 1.54) is 16.1 Å². The smallest absolute Gasteiger partial charge is 0.165 e. The number of hydrogen-bond donors (Lipinski definition) is 0. The van der Waals surface area contributed by atoms with Gasteiger partial charge < -0.3 is 0 Å². The number of hydrogen-bond acceptors (Lipinski definition) is 4. The zero-order chi connectivity index (χ0) is 9.97. The second-order valence-corrected chi connectivity index (χ2v) is 3.63. The van der Waals surface area contributed by atoms with Gasteiger partial charge in [-0.3, -0.25) is 4.79 Å². The zero-order valence-corrected chi connectivity index (χ0v) is 8.49. The van der Waals surface area contributed by atoms with Crippen LogP contribution in [0.4, 0.5) is 0 Å². The highest BCUT2D eigenvalue weighted by molar-refractivity contribution is 7.12. The number of rotatable bonds is 3. The van der Waals surface area contributed by atoms with Crippen LogP contribution < -0.4 is 0 Å². The van der Waals surface area contributed by atoms with Crippen molar-refractivity contribution in [3.05, 3.63) is 29.4 Å². The summed E-state index contributed by atoms with van der Waals surface area (Å²) < 4.78 is 0. The summed E-state index contributed by atoms with van der Waals surface area (Å²) in [7, 11) is 0. The molecule has 0 saturated heterocycles. The van der Waals surface area contributed by atoms with E-state index in [9.17, 15) is 4.79 Å². The average Bonchev–Trinajstić information content (AvgIpc) is 2.85. The lowest BCUT2D eigenvalue weighted by molar-refractivity contribution is 0.0988. The zero-order valence-electron chi connectivity index (χ0n) is 7.67. The number of carbonyl (C=O) groups excluding carboxylic acids is 1. The van der Waals surface area contributed by atoms with Gasteiger partial charge in [0.2, 0.25) is 0 Å². The summed E-state index contributed by atoms with van der Waals surface area (Å²) >= 11 is 1.47. The number of carbonyl (C=O) groups is 1. The average molecular weight is 207 g/mol. The Morgan fingerprint density at radius 1 is 1.50 bits per heavy atom. The molecule has 0 aromatic carbocycles. The molecule has 0 amide bonds. The van der Waals surface area contributed by atoms with Gasteiger partial charge in [-0.15, -0.1) is 16.1 Å². The minimum atomic E-state index is 0.124. The van der Waals surface area contributed by atoms with Crippen LogP contribution in [0.2, 0.25) is 0 Å². The SMILES string of the molecule is CCC(=O)c1ccsc1-n1nccn1. The highest BCUT2D eigenvalue weighted by Gasteiger charge is 2.13. The second kappa shape index (κ2) is 3.71. The van der Waals surface area contributed by atoms with Gasteiger partial charge >= 0.3 is 0 Å². The Morgan fingerprint density at radius 3 is 2.86 bits per heavy atom. The molecule has 4 nitrogen and oxygen atoms in total. The van der Waals surface area contributed by atoms with Crippen molar-refractivity contribution < 1.29 is 4.79 Å². The van der Waals surface area contributed by atoms with Gasteiger partial charge in [-0.25, -0.2) is 0 Å². The fourth-order valence-corrected chi connectivity index (χ4v) is 2.01. The molecule has 0 aliphatic rings. The summed E-state index contributed by atoms with van der Waals surface area (Å²) in [6, 6.07) is 1.81. The molecule has 2 heterocycles. The Bertz CT molecular complexity index is 433. The molecule has 2 aromatic heterocycles. The van der Waals surface area contributed by atoms with E-state index in [2.05, 4.69) is 10.2 Å². The molecular formula is C9H9N3OS. The highest BCUT2D eigenvalue weighted by Crippen LogP contribution is 2.21. The van der Waals surface area contributed by atoms with E-state index >= 15 is 0 Å². The quantitative estimate of drug-likeness (QED) is 0.722. The Labute approximate surface area is 85.2 Å². The van der Waals surface area contributed by atoms with Crippen molar-refractivity contribution in [2.24, 2.45) is 0 Å².